The first-order valence-corrected chi connectivity index (χ1v) is 13.3. The lowest BCUT2D eigenvalue weighted by molar-refractivity contribution is 0.248. The van der Waals surface area contributed by atoms with E-state index in [9.17, 15) is 0 Å². The molecule has 0 unspecified atom stereocenters. The SMILES string of the molecule is COc1cccc(-c2ncc(-c3ccnc(Nc4cccc(OCCCN5CCSCC5)c4)n3)[nH]2)c1. The number of benzene rings is 2. The van der Waals surface area contributed by atoms with Gasteiger partial charge in [-0.05, 0) is 36.8 Å². The van der Waals surface area contributed by atoms with Crippen LogP contribution >= 0.6 is 11.8 Å². The van der Waals surface area contributed by atoms with Gasteiger partial charge < -0.3 is 24.7 Å². The second-order valence-electron chi connectivity index (χ2n) is 8.45. The van der Waals surface area contributed by atoms with Crippen LogP contribution in [0.2, 0.25) is 0 Å². The average Bonchev–Trinajstić information content (AvgIpc) is 3.43. The molecule has 0 bridgehead atoms. The number of imidazole rings is 1. The van der Waals surface area contributed by atoms with Crippen molar-refractivity contribution in [2.45, 2.75) is 6.42 Å². The van der Waals surface area contributed by atoms with Gasteiger partial charge in [-0.1, -0.05) is 18.2 Å². The minimum atomic E-state index is 0.505. The molecule has 1 aliphatic rings. The summed E-state index contributed by atoms with van der Waals surface area (Å²) in [4.78, 5) is 19.4. The molecule has 3 heterocycles. The number of methoxy groups -OCH3 is 1. The van der Waals surface area contributed by atoms with Crippen LogP contribution in [-0.2, 0) is 0 Å². The van der Waals surface area contributed by atoms with Crippen molar-refractivity contribution >= 4 is 23.4 Å². The van der Waals surface area contributed by atoms with Gasteiger partial charge >= 0.3 is 0 Å². The van der Waals surface area contributed by atoms with Crippen LogP contribution in [0.15, 0.2) is 67.0 Å². The normalized spacial score (nSPS) is 13.9. The van der Waals surface area contributed by atoms with Crippen LogP contribution in [0.3, 0.4) is 0 Å². The van der Waals surface area contributed by atoms with Gasteiger partial charge in [0.15, 0.2) is 0 Å². The van der Waals surface area contributed by atoms with E-state index in [2.05, 4.69) is 30.2 Å². The summed E-state index contributed by atoms with van der Waals surface area (Å²) >= 11 is 2.04. The Morgan fingerprint density at radius 3 is 2.78 bits per heavy atom. The summed E-state index contributed by atoms with van der Waals surface area (Å²) in [6, 6.07) is 17.5. The minimum Gasteiger partial charge on any atom is -0.497 e. The first-order valence-electron chi connectivity index (χ1n) is 12.1. The molecular formula is C27H30N6O2S. The monoisotopic (exact) mass is 502 g/mol. The molecule has 186 valence electrons. The number of H-pyrrole nitrogens is 1. The van der Waals surface area contributed by atoms with Crippen LogP contribution in [0.25, 0.3) is 22.8 Å². The standard InChI is InChI=1S/C27H30N6O2S/c1-34-22-7-2-5-20(17-22)26-29-19-25(31-26)24-9-10-28-27(32-24)30-21-6-3-8-23(18-21)35-14-4-11-33-12-15-36-16-13-33/h2-3,5-10,17-19H,4,11-16H2,1H3,(H,29,31)(H,28,30,32). The Labute approximate surface area is 215 Å². The Balaban J connectivity index is 1.20. The predicted octanol–water partition coefficient (Wildman–Crippen LogP) is 5.10. The molecule has 2 aromatic heterocycles. The van der Waals surface area contributed by atoms with E-state index in [-0.39, 0.29) is 0 Å². The summed E-state index contributed by atoms with van der Waals surface area (Å²) in [5, 5.41) is 3.29. The molecule has 5 rings (SSSR count). The number of aromatic nitrogens is 4. The number of ether oxygens (including phenoxy) is 2. The van der Waals surface area contributed by atoms with Crippen molar-refractivity contribution in [3.8, 4) is 34.3 Å². The number of anilines is 2. The van der Waals surface area contributed by atoms with Crippen molar-refractivity contribution in [2.24, 2.45) is 0 Å². The van der Waals surface area contributed by atoms with Gasteiger partial charge in [0.25, 0.3) is 0 Å². The highest BCUT2D eigenvalue weighted by molar-refractivity contribution is 7.99. The lowest BCUT2D eigenvalue weighted by Crippen LogP contribution is -2.33. The third-order valence-corrected chi connectivity index (χ3v) is 6.87. The molecule has 8 nitrogen and oxygen atoms in total. The highest BCUT2D eigenvalue weighted by atomic mass is 32.2. The molecule has 0 atom stereocenters. The van der Waals surface area contributed by atoms with Crippen molar-refractivity contribution in [3.63, 3.8) is 0 Å². The molecule has 2 aromatic carbocycles. The first kappa shape index (κ1) is 24.1. The molecule has 0 spiro atoms. The van der Waals surface area contributed by atoms with Crippen molar-refractivity contribution < 1.29 is 9.47 Å². The largest absolute Gasteiger partial charge is 0.497 e. The highest BCUT2D eigenvalue weighted by Gasteiger charge is 2.11. The Hall–Kier alpha value is -3.56. The van der Waals surface area contributed by atoms with Crippen LogP contribution in [0.1, 0.15) is 6.42 Å². The maximum atomic E-state index is 5.99. The molecule has 4 aromatic rings. The number of rotatable bonds is 10. The van der Waals surface area contributed by atoms with Gasteiger partial charge in [-0.25, -0.2) is 15.0 Å². The van der Waals surface area contributed by atoms with Crippen molar-refractivity contribution in [1.29, 1.82) is 0 Å². The van der Waals surface area contributed by atoms with Gasteiger partial charge in [0, 0.05) is 54.7 Å². The molecule has 0 aliphatic carbocycles. The van der Waals surface area contributed by atoms with Crippen molar-refractivity contribution in [1.82, 2.24) is 24.8 Å². The quantitative estimate of drug-likeness (QED) is 0.290. The van der Waals surface area contributed by atoms with Crippen molar-refractivity contribution in [2.75, 3.05) is 50.2 Å². The molecular weight excluding hydrogens is 472 g/mol. The topological polar surface area (TPSA) is 88.2 Å². The van der Waals surface area contributed by atoms with Gasteiger partial charge in [-0.15, -0.1) is 0 Å². The van der Waals surface area contributed by atoms with Gasteiger partial charge in [0.05, 0.1) is 31.3 Å². The summed E-state index contributed by atoms with van der Waals surface area (Å²) in [7, 11) is 1.65. The van der Waals surface area contributed by atoms with Crippen LogP contribution in [0.5, 0.6) is 11.5 Å². The number of hydrogen-bond donors (Lipinski definition) is 2. The lowest BCUT2D eigenvalue weighted by atomic mass is 10.2. The Morgan fingerprint density at radius 1 is 1.03 bits per heavy atom. The summed E-state index contributed by atoms with van der Waals surface area (Å²) in [5.41, 5.74) is 3.37. The lowest BCUT2D eigenvalue weighted by Gasteiger charge is -2.25. The summed E-state index contributed by atoms with van der Waals surface area (Å²) in [5.74, 6) is 5.35. The van der Waals surface area contributed by atoms with E-state index in [0.717, 1.165) is 52.9 Å². The third-order valence-electron chi connectivity index (χ3n) is 5.93. The molecule has 9 heteroatoms. The van der Waals surface area contributed by atoms with E-state index in [1.54, 1.807) is 19.5 Å². The fourth-order valence-corrected chi connectivity index (χ4v) is 5.01. The van der Waals surface area contributed by atoms with E-state index in [1.807, 2.05) is 66.4 Å². The van der Waals surface area contributed by atoms with Gasteiger partial charge in [-0.2, -0.15) is 11.8 Å². The maximum absolute atomic E-state index is 5.99. The number of nitrogens with one attached hydrogen (secondary N) is 2. The Morgan fingerprint density at radius 2 is 1.89 bits per heavy atom. The zero-order valence-electron chi connectivity index (χ0n) is 20.3. The molecule has 36 heavy (non-hydrogen) atoms. The van der Waals surface area contributed by atoms with Gasteiger partial charge in [0.2, 0.25) is 5.95 Å². The predicted molar refractivity (Wildman–Crippen MR) is 145 cm³/mol. The molecule has 2 N–H and O–H groups in total. The number of hydrogen-bond acceptors (Lipinski definition) is 8. The second-order valence-corrected chi connectivity index (χ2v) is 9.68. The molecule has 1 saturated heterocycles. The van der Waals surface area contributed by atoms with Gasteiger partial charge in [-0.3, -0.25) is 0 Å². The van der Waals surface area contributed by atoms with E-state index in [4.69, 9.17) is 9.47 Å². The Kier molecular flexibility index (Phi) is 7.99. The number of thioether (sulfide) groups is 1. The molecule has 0 saturated carbocycles. The minimum absolute atomic E-state index is 0.505. The molecule has 0 radical (unpaired) electrons. The number of nitrogens with zero attached hydrogens (tertiary/aromatic N) is 4. The highest BCUT2D eigenvalue weighted by Crippen LogP contribution is 2.25. The first-order chi connectivity index (χ1) is 17.8. The van der Waals surface area contributed by atoms with Crippen molar-refractivity contribution in [3.05, 3.63) is 67.0 Å². The van der Waals surface area contributed by atoms with Crippen LogP contribution in [0, 0.1) is 0 Å². The van der Waals surface area contributed by atoms with E-state index < -0.39 is 0 Å². The Bertz CT molecular complexity index is 1270. The maximum Gasteiger partial charge on any atom is 0.227 e. The zero-order chi connectivity index (χ0) is 24.6. The fourth-order valence-electron chi connectivity index (χ4n) is 4.03. The molecule has 1 fully saturated rings. The fraction of sp³-hybridized carbons (Fsp3) is 0.296. The third kappa shape index (κ3) is 6.35. The van der Waals surface area contributed by atoms with E-state index in [1.165, 1.54) is 24.6 Å². The molecule has 1 aliphatic heterocycles. The summed E-state index contributed by atoms with van der Waals surface area (Å²) in [6.07, 6.45) is 4.53. The molecule has 0 amide bonds. The van der Waals surface area contributed by atoms with Crippen LogP contribution in [0.4, 0.5) is 11.6 Å². The van der Waals surface area contributed by atoms with Gasteiger partial charge in [0.1, 0.15) is 17.3 Å². The summed E-state index contributed by atoms with van der Waals surface area (Å²) in [6.45, 7) is 4.16. The van der Waals surface area contributed by atoms with Crippen LogP contribution < -0.4 is 14.8 Å². The zero-order valence-corrected chi connectivity index (χ0v) is 21.1. The number of aromatic amines is 1. The smallest absolute Gasteiger partial charge is 0.227 e. The summed E-state index contributed by atoms with van der Waals surface area (Å²) < 4.78 is 11.3. The van der Waals surface area contributed by atoms with Crippen LogP contribution in [-0.4, -0.2) is 69.7 Å². The van der Waals surface area contributed by atoms with E-state index >= 15 is 0 Å². The second kappa shape index (κ2) is 11.9. The van der Waals surface area contributed by atoms with E-state index in [0.29, 0.717) is 12.6 Å². The average molecular weight is 503 g/mol.